The minimum Gasteiger partial charge on any atom is -0.361 e. The van der Waals surface area contributed by atoms with Crippen LogP contribution in [-0.2, 0) is 0 Å². The van der Waals surface area contributed by atoms with E-state index in [4.69, 9.17) is 0 Å². The van der Waals surface area contributed by atoms with E-state index >= 15 is 0 Å². The van der Waals surface area contributed by atoms with Crippen LogP contribution in [0.3, 0.4) is 0 Å². The quantitative estimate of drug-likeness (QED) is 0.470. The highest BCUT2D eigenvalue weighted by atomic mass is 79.9. The number of hydrogen-bond acceptors (Lipinski definition) is 2. The van der Waals surface area contributed by atoms with Crippen molar-refractivity contribution in [1.29, 1.82) is 0 Å². The van der Waals surface area contributed by atoms with E-state index in [1.165, 1.54) is 0 Å². The lowest BCUT2D eigenvalue weighted by Crippen LogP contribution is -1.89. The van der Waals surface area contributed by atoms with E-state index in [0.717, 1.165) is 31.1 Å². The molecule has 2 aromatic carbocycles. The Morgan fingerprint density at radius 3 is 2.55 bits per heavy atom. The van der Waals surface area contributed by atoms with Gasteiger partial charge < -0.3 is 4.98 Å². The summed E-state index contributed by atoms with van der Waals surface area (Å²) < 4.78 is 2.11. The Balaban J connectivity index is 1.80. The first-order valence-corrected chi connectivity index (χ1v) is 7.62. The number of nitrogens with one attached hydrogen (secondary N) is 2. The molecule has 0 bridgehead atoms. The molecule has 0 unspecified atom stereocenters. The molecule has 20 heavy (non-hydrogen) atoms. The average molecular weight is 393 g/mol. The molecule has 2 N–H and O–H groups in total. The minimum absolute atomic E-state index is 0.950. The Bertz CT molecular complexity index is 760. The van der Waals surface area contributed by atoms with Gasteiger partial charge in [0.1, 0.15) is 0 Å². The van der Waals surface area contributed by atoms with Gasteiger partial charge in [0.25, 0.3) is 0 Å². The molecule has 0 fully saturated rings. The third-order valence-corrected chi connectivity index (χ3v) is 3.94. The Morgan fingerprint density at radius 2 is 1.75 bits per heavy atom. The zero-order valence-electron chi connectivity index (χ0n) is 10.4. The lowest BCUT2D eigenvalue weighted by Gasteiger charge is -1.99. The van der Waals surface area contributed by atoms with E-state index < -0.39 is 0 Å². The number of halogens is 2. The zero-order chi connectivity index (χ0) is 13.9. The largest absolute Gasteiger partial charge is 0.361 e. The van der Waals surface area contributed by atoms with Crippen LogP contribution in [0, 0.1) is 0 Å². The lowest BCUT2D eigenvalue weighted by atomic mass is 10.2. The molecule has 100 valence electrons. The number of H-pyrrole nitrogens is 1. The smallest absolute Gasteiger partial charge is 0.0566 e. The molecule has 1 heterocycles. The van der Waals surface area contributed by atoms with E-state index in [1.807, 2.05) is 48.8 Å². The number of nitrogens with zero attached hydrogens (tertiary/aromatic N) is 1. The number of benzene rings is 2. The van der Waals surface area contributed by atoms with E-state index in [-0.39, 0.29) is 0 Å². The van der Waals surface area contributed by atoms with Gasteiger partial charge in [-0.15, -0.1) is 0 Å². The van der Waals surface area contributed by atoms with Crippen molar-refractivity contribution in [3.8, 4) is 0 Å². The van der Waals surface area contributed by atoms with Crippen molar-refractivity contribution < 1.29 is 0 Å². The molecule has 0 aliphatic heterocycles. The predicted molar refractivity (Wildman–Crippen MR) is 91.4 cm³/mol. The van der Waals surface area contributed by atoms with Gasteiger partial charge in [-0.25, -0.2) is 0 Å². The summed E-state index contributed by atoms with van der Waals surface area (Å²) >= 11 is 6.89. The van der Waals surface area contributed by atoms with E-state index in [1.54, 1.807) is 0 Å². The van der Waals surface area contributed by atoms with E-state index in [0.29, 0.717) is 0 Å². The summed E-state index contributed by atoms with van der Waals surface area (Å²) in [6.07, 6.45) is 3.76. The van der Waals surface area contributed by atoms with Crippen molar-refractivity contribution >= 4 is 54.7 Å². The summed E-state index contributed by atoms with van der Waals surface area (Å²) in [5, 5.41) is 5.41. The SMILES string of the molecule is Brc1ccc(N/N=C/c2c[nH]c3ccc(Br)cc23)cc1. The Hall–Kier alpha value is -1.59. The summed E-state index contributed by atoms with van der Waals surface area (Å²) in [5.74, 6) is 0. The first-order valence-electron chi connectivity index (χ1n) is 6.04. The maximum absolute atomic E-state index is 4.27. The van der Waals surface area contributed by atoms with Crippen LogP contribution < -0.4 is 5.43 Å². The molecule has 0 amide bonds. The first-order chi connectivity index (χ1) is 9.72. The van der Waals surface area contributed by atoms with Crippen LogP contribution in [0.1, 0.15) is 5.56 Å². The van der Waals surface area contributed by atoms with Gasteiger partial charge >= 0.3 is 0 Å². The van der Waals surface area contributed by atoms with Gasteiger partial charge in [0.05, 0.1) is 11.9 Å². The fourth-order valence-corrected chi connectivity index (χ4v) is 2.55. The minimum atomic E-state index is 0.950. The molecule has 0 radical (unpaired) electrons. The fourth-order valence-electron chi connectivity index (χ4n) is 1.92. The third-order valence-electron chi connectivity index (χ3n) is 2.92. The summed E-state index contributed by atoms with van der Waals surface area (Å²) in [4.78, 5) is 3.23. The molecule has 5 heteroatoms. The van der Waals surface area contributed by atoms with Gasteiger partial charge in [0.15, 0.2) is 0 Å². The van der Waals surface area contributed by atoms with Gasteiger partial charge in [-0.3, -0.25) is 5.43 Å². The van der Waals surface area contributed by atoms with Gasteiger partial charge in [-0.05, 0) is 42.5 Å². The molecule has 0 saturated heterocycles. The topological polar surface area (TPSA) is 40.2 Å². The highest BCUT2D eigenvalue weighted by Crippen LogP contribution is 2.21. The van der Waals surface area contributed by atoms with Crippen LogP contribution in [-0.4, -0.2) is 11.2 Å². The van der Waals surface area contributed by atoms with Gasteiger partial charge in [0, 0.05) is 31.6 Å². The summed E-state index contributed by atoms with van der Waals surface area (Å²) in [6, 6.07) is 14.0. The highest BCUT2D eigenvalue weighted by Gasteiger charge is 2.01. The number of hydrazone groups is 1. The van der Waals surface area contributed by atoms with E-state index in [2.05, 4.69) is 53.4 Å². The van der Waals surface area contributed by atoms with Crippen molar-refractivity contribution in [1.82, 2.24) is 4.98 Å². The van der Waals surface area contributed by atoms with Crippen LogP contribution >= 0.6 is 31.9 Å². The number of aromatic amines is 1. The molecule has 0 spiro atoms. The lowest BCUT2D eigenvalue weighted by molar-refractivity contribution is 1.35. The predicted octanol–water partition coefficient (Wildman–Crippen LogP) is 5.14. The molecule has 3 nitrogen and oxygen atoms in total. The molecule has 0 saturated carbocycles. The van der Waals surface area contributed by atoms with E-state index in [9.17, 15) is 0 Å². The number of hydrogen-bond donors (Lipinski definition) is 2. The second kappa shape index (κ2) is 5.81. The Morgan fingerprint density at radius 1 is 1.00 bits per heavy atom. The molecular weight excluding hydrogens is 382 g/mol. The summed E-state index contributed by atoms with van der Waals surface area (Å²) in [5.41, 5.74) is 6.10. The molecule has 0 aliphatic rings. The molecular formula is C15H11Br2N3. The van der Waals surface area contributed by atoms with Crippen molar-refractivity contribution in [2.45, 2.75) is 0 Å². The molecule has 3 rings (SSSR count). The van der Waals surface area contributed by atoms with Gasteiger partial charge in [0.2, 0.25) is 0 Å². The van der Waals surface area contributed by atoms with Crippen molar-refractivity contribution in [2.75, 3.05) is 5.43 Å². The van der Waals surface area contributed by atoms with Gasteiger partial charge in [-0.1, -0.05) is 31.9 Å². The van der Waals surface area contributed by atoms with Crippen LogP contribution in [0.15, 0.2) is 62.7 Å². The summed E-state index contributed by atoms with van der Waals surface area (Å²) in [6.45, 7) is 0. The van der Waals surface area contributed by atoms with Gasteiger partial charge in [-0.2, -0.15) is 5.10 Å². The van der Waals surface area contributed by atoms with Crippen LogP contribution in [0.2, 0.25) is 0 Å². The highest BCUT2D eigenvalue weighted by molar-refractivity contribution is 9.10. The number of anilines is 1. The maximum atomic E-state index is 4.27. The zero-order valence-corrected chi connectivity index (χ0v) is 13.6. The van der Waals surface area contributed by atoms with Crippen LogP contribution in [0.5, 0.6) is 0 Å². The van der Waals surface area contributed by atoms with Crippen molar-refractivity contribution in [2.24, 2.45) is 5.10 Å². The molecule has 1 aromatic heterocycles. The number of rotatable bonds is 3. The second-order valence-electron chi connectivity index (χ2n) is 4.31. The molecule has 3 aromatic rings. The Labute approximate surface area is 133 Å². The molecule has 0 atom stereocenters. The van der Waals surface area contributed by atoms with Crippen molar-refractivity contribution in [3.05, 3.63) is 63.2 Å². The monoisotopic (exact) mass is 391 g/mol. The summed E-state index contributed by atoms with van der Waals surface area (Å²) in [7, 11) is 0. The number of fused-ring (bicyclic) bond motifs is 1. The Kier molecular flexibility index (Phi) is 3.89. The van der Waals surface area contributed by atoms with Crippen molar-refractivity contribution in [3.63, 3.8) is 0 Å². The normalized spacial score (nSPS) is 11.3. The first kappa shape index (κ1) is 13.4. The maximum Gasteiger partial charge on any atom is 0.0566 e. The molecule has 0 aliphatic carbocycles. The fraction of sp³-hybridized carbons (Fsp3) is 0. The second-order valence-corrected chi connectivity index (χ2v) is 6.14. The standard InChI is InChI=1S/C15H11Br2N3/c16-11-1-4-13(5-2-11)20-19-9-10-8-18-15-6-3-12(17)7-14(10)15/h1-9,18,20H/b19-9+. The number of aromatic nitrogens is 1. The van der Waals surface area contributed by atoms with Crippen LogP contribution in [0.25, 0.3) is 10.9 Å². The van der Waals surface area contributed by atoms with Crippen LogP contribution in [0.4, 0.5) is 5.69 Å². The average Bonchev–Trinajstić information content (AvgIpc) is 2.84. The third kappa shape index (κ3) is 2.94.